The topological polar surface area (TPSA) is 80.6 Å². The molecule has 1 aromatic heterocycles. The van der Waals surface area contributed by atoms with Crippen LogP contribution in [0.15, 0.2) is 53.7 Å². The normalized spacial score (nSPS) is 11.3. The van der Waals surface area contributed by atoms with Gasteiger partial charge in [-0.25, -0.2) is 9.37 Å². The van der Waals surface area contributed by atoms with Crippen LogP contribution in [0.4, 0.5) is 10.2 Å². The van der Waals surface area contributed by atoms with Gasteiger partial charge in [-0.1, -0.05) is 29.3 Å². The van der Waals surface area contributed by atoms with Gasteiger partial charge in [-0.3, -0.25) is 14.6 Å². The van der Waals surface area contributed by atoms with Crippen LogP contribution in [0.1, 0.15) is 38.8 Å². The molecule has 0 unspecified atom stereocenters. The van der Waals surface area contributed by atoms with Gasteiger partial charge in [0.1, 0.15) is 17.4 Å². The molecule has 0 saturated carbocycles. The number of ether oxygens (including phenoxy) is 1. The number of methoxy groups -OCH3 is 1. The lowest BCUT2D eigenvalue weighted by molar-refractivity contribution is 0.0987. The number of anilines is 1. The molecule has 33 heavy (non-hydrogen) atoms. The van der Waals surface area contributed by atoms with Gasteiger partial charge in [-0.05, 0) is 48.9 Å². The van der Waals surface area contributed by atoms with Gasteiger partial charge in [-0.15, -0.1) is 0 Å². The third-order valence-electron chi connectivity index (χ3n) is 4.97. The van der Waals surface area contributed by atoms with Crippen molar-refractivity contribution in [2.45, 2.75) is 13.3 Å². The van der Waals surface area contributed by atoms with E-state index in [1.165, 1.54) is 43.6 Å². The predicted octanol–water partition coefficient (Wildman–Crippen LogP) is 5.65. The van der Waals surface area contributed by atoms with E-state index in [0.717, 1.165) is 0 Å². The highest BCUT2D eigenvalue weighted by molar-refractivity contribution is 6.31. The molecule has 1 heterocycles. The Labute approximate surface area is 200 Å². The second-order valence-electron chi connectivity index (χ2n) is 7.05. The SMILES string of the molecule is CN=C(C)c1ccc(C(=O)Cc2c(OC)cc(Cl)cc2C(=O)Nc2ccc(Cl)cn2)c(F)c1. The molecule has 1 N–H and O–H groups in total. The minimum Gasteiger partial charge on any atom is -0.496 e. The number of aromatic nitrogens is 1. The molecule has 6 nitrogen and oxygen atoms in total. The third-order valence-corrected chi connectivity index (χ3v) is 5.41. The molecule has 0 fully saturated rings. The Bertz CT molecular complexity index is 1240. The minimum atomic E-state index is -0.676. The third kappa shape index (κ3) is 5.74. The van der Waals surface area contributed by atoms with Gasteiger partial charge in [0.05, 0.1) is 17.7 Å². The Morgan fingerprint density at radius 1 is 1.09 bits per heavy atom. The van der Waals surface area contributed by atoms with Gasteiger partial charge >= 0.3 is 0 Å². The fourth-order valence-corrected chi connectivity index (χ4v) is 3.48. The van der Waals surface area contributed by atoms with Crippen molar-refractivity contribution < 1.29 is 18.7 Å². The highest BCUT2D eigenvalue weighted by atomic mass is 35.5. The van der Waals surface area contributed by atoms with Gasteiger partial charge in [-0.2, -0.15) is 0 Å². The van der Waals surface area contributed by atoms with E-state index >= 15 is 0 Å². The monoisotopic (exact) mass is 487 g/mol. The molecule has 0 aliphatic heterocycles. The number of rotatable bonds is 7. The molecular formula is C24H20Cl2FN3O3. The fourth-order valence-electron chi connectivity index (χ4n) is 3.16. The smallest absolute Gasteiger partial charge is 0.257 e. The van der Waals surface area contributed by atoms with E-state index in [0.29, 0.717) is 16.3 Å². The molecule has 0 bridgehead atoms. The number of carbonyl (C=O) groups excluding carboxylic acids is 2. The number of amides is 1. The second-order valence-corrected chi connectivity index (χ2v) is 7.93. The van der Waals surface area contributed by atoms with E-state index in [1.807, 2.05) is 0 Å². The number of nitrogens with zero attached hydrogens (tertiary/aromatic N) is 2. The first-order valence-corrected chi connectivity index (χ1v) is 10.5. The molecule has 170 valence electrons. The Hall–Kier alpha value is -3.29. The summed E-state index contributed by atoms with van der Waals surface area (Å²) in [6.45, 7) is 1.75. The highest BCUT2D eigenvalue weighted by Gasteiger charge is 2.22. The number of nitrogens with one attached hydrogen (secondary N) is 1. The number of ketones is 1. The standard InChI is InChI=1S/C24H20Cl2FN3O3/c1-13(28-2)14-4-6-17(20(27)8-14)21(31)11-18-19(9-16(26)10-22(18)33-3)24(32)30-23-7-5-15(25)12-29-23/h4-10,12H,11H2,1-3H3,(H,29,30,32). The molecule has 0 radical (unpaired) electrons. The lowest BCUT2D eigenvalue weighted by Gasteiger charge is -2.15. The molecule has 0 aliphatic carbocycles. The van der Waals surface area contributed by atoms with Crippen LogP contribution in [-0.2, 0) is 6.42 Å². The lowest BCUT2D eigenvalue weighted by atomic mass is 9.96. The molecule has 1 amide bonds. The van der Waals surface area contributed by atoms with E-state index in [-0.39, 0.29) is 39.7 Å². The zero-order valence-corrected chi connectivity index (χ0v) is 19.6. The van der Waals surface area contributed by atoms with Gasteiger partial charge in [0, 0.05) is 41.5 Å². The molecule has 0 saturated heterocycles. The molecule has 3 rings (SSSR count). The van der Waals surface area contributed by atoms with Gasteiger partial charge in [0.2, 0.25) is 0 Å². The van der Waals surface area contributed by atoms with Crippen LogP contribution < -0.4 is 10.1 Å². The van der Waals surface area contributed by atoms with Crippen LogP contribution in [0.3, 0.4) is 0 Å². The summed E-state index contributed by atoms with van der Waals surface area (Å²) in [5.41, 5.74) is 1.49. The predicted molar refractivity (Wildman–Crippen MR) is 128 cm³/mol. The van der Waals surface area contributed by atoms with Gasteiger partial charge in [0.25, 0.3) is 5.91 Å². The largest absolute Gasteiger partial charge is 0.496 e. The van der Waals surface area contributed by atoms with E-state index in [4.69, 9.17) is 27.9 Å². The molecule has 3 aromatic rings. The average Bonchev–Trinajstić information content (AvgIpc) is 2.80. The van der Waals surface area contributed by atoms with Crippen molar-refractivity contribution in [2.75, 3.05) is 19.5 Å². The van der Waals surface area contributed by atoms with Crippen molar-refractivity contribution in [3.05, 3.63) is 86.8 Å². The summed E-state index contributed by atoms with van der Waals surface area (Å²) in [4.78, 5) is 34.0. The molecule has 2 aromatic carbocycles. The number of halogens is 3. The first-order chi connectivity index (χ1) is 15.7. The Morgan fingerprint density at radius 2 is 1.85 bits per heavy atom. The zero-order chi connectivity index (χ0) is 24.1. The molecule has 0 spiro atoms. The summed E-state index contributed by atoms with van der Waals surface area (Å²) < 4.78 is 20.1. The molecular weight excluding hydrogens is 468 g/mol. The number of benzene rings is 2. The summed E-state index contributed by atoms with van der Waals surface area (Å²) in [7, 11) is 3.00. The highest BCUT2D eigenvalue weighted by Crippen LogP contribution is 2.30. The second kappa shape index (κ2) is 10.6. The minimum absolute atomic E-state index is 0.106. The van der Waals surface area contributed by atoms with E-state index in [1.54, 1.807) is 26.1 Å². The van der Waals surface area contributed by atoms with Crippen LogP contribution in [0.2, 0.25) is 10.0 Å². The average molecular weight is 488 g/mol. The van der Waals surface area contributed by atoms with Gasteiger partial charge < -0.3 is 10.1 Å². The Morgan fingerprint density at radius 3 is 2.45 bits per heavy atom. The van der Waals surface area contributed by atoms with Crippen LogP contribution in [0.25, 0.3) is 0 Å². The van der Waals surface area contributed by atoms with Crippen LogP contribution in [0.5, 0.6) is 5.75 Å². The number of carbonyl (C=O) groups is 2. The summed E-state index contributed by atoms with van der Waals surface area (Å²) in [5, 5.41) is 3.29. The van der Waals surface area contributed by atoms with Crippen molar-refractivity contribution in [3.63, 3.8) is 0 Å². The van der Waals surface area contributed by atoms with E-state index in [2.05, 4.69) is 15.3 Å². The van der Waals surface area contributed by atoms with Crippen molar-refractivity contribution in [3.8, 4) is 5.75 Å². The number of hydrogen-bond donors (Lipinski definition) is 1. The summed E-state index contributed by atoms with van der Waals surface area (Å²) in [6, 6.07) is 10.3. The van der Waals surface area contributed by atoms with E-state index in [9.17, 15) is 14.0 Å². The fraction of sp³-hybridized carbons (Fsp3) is 0.167. The summed E-state index contributed by atoms with van der Waals surface area (Å²) in [5.74, 6) is -1.26. The Balaban J connectivity index is 1.96. The molecule has 0 aliphatic rings. The van der Waals surface area contributed by atoms with Crippen molar-refractivity contribution in [1.29, 1.82) is 0 Å². The number of Topliss-reactive ketones (excluding diaryl/α,β-unsaturated/α-hetero) is 1. The Kier molecular flexibility index (Phi) is 7.79. The van der Waals surface area contributed by atoms with E-state index < -0.39 is 17.5 Å². The molecule has 9 heteroatoms. The molecule has 0 atom stereocenters. The van der Waals surface area contributed by atoms with Crippen molar-refractivity contribution >= 4 is 46.4 Å². The number of aliphatic imine (C=N–C) groups is 1. The van der Waals surface area contributed by atoms with Crippen LogP contribution >= 0.6 is 23.2 Å². The number of pyridine rings is 1. The first kappa shape index (κ1) is 24.4. The van der Waals surface area contributed by atoms with Crippen LogP contribution in [-0.4, -0.2) is 36.5 Å². The maximum atomic E-state index is 14.7. The quantitative estimate of drug-likeness (QED) is 0.344. The maximum Gasteiger partial charge on any atom is 0.257 e. The maximum absolute atomic E-state index is 14.7. The first-order valence-electron chi connectivity index (χ1n) is 9.79. The van der Waals surface area contributed by atoms with Crippen LogP contribution in [0, 0.1) is 5.82 Å². The zero-order valence-electron chi connectivity index (χ0n) is 18.1. The summed E-state index contributed by atoms with van der Waals surface area (Å²) >= 11 is 12.0. The lowest BCUT2D eigenvalue weighted by Crippen LogP contribution is -2.18. The van der Waals surface area contributed by atoms with Crippen molar-refractivity contribution in [2.24, 2.45) is 4.99 Å². The summed E-state index contributed by atoms with van der Waals surface area (Å²) in [6.07, 6.45) is 1.10. The van der Waals surface area contributed by atoms with Gasteiger partial charge in [0.15, 0.2) is 5.78 Å². The number of hydrogen-bond acceptors (Lipinski definition) is 5. The van der Waals surface area contributed by atoms with Crippen molar-refractivity contribution in [1.82, 2.24) is 4.98 Å².